The van der Waals surface area contributed by atoms with Crippen molar-refractivity contribution in [2.45, 2.75) is 38.1 Å². The number of hydrogen-bond acceptors (Lipinski definition) is 5. The van der Waals surface area contributed by atoms with Gasteiger partial charge in [0.25, 0.3) is 0 Å². The van der Waals surface area contributed by atoms with Gasteiger partial charge in [0.1, 0.15) is 5.82 Å². The fourth-order valence-corrected chi connectivity index (χ4v) is 3.51. The summed E-state index contributed by atoms with van der Waals surface area (Å²) in [5, 5.41) is 0. The van der Waals surface area contributed by atoms with Crippen molar-refractivity contribution in [2.75, 3.05) is 19.0 Å². The molecule has 4 rings (SSSR count). The minimum Gasteiger partial charge on any atom is -0.347 e. The first-order chi connectivity index (χ1) is 11.7. The van der Waals surface area contributed by atoms with Gasteiger partial charge in [-0.1, -0.05) is 19.3 Å². The van der Waals surface area contributed by atoms with Crippen LogP contribution in [0, 0.1) is 0 Å². The SMILES string of the molecule is CN(C)c1ncc(-c2nc3ncccc3n2C2CCCCC2)cn1. The van der Waals surface area contributed by atoms with Gasteiger partial charge in [0.15, 0.2) is 5.65 Å². The van der Waals surface area contributed by atoms with E-state index in [4.69, 9.17) is 4.98 Å². The van der Waals surface area contributed by atoms with Crippen molar-refractivity contribution < 1.29 is 0 Å². The number of rotatable bonds is 3. The molecule has 1 saturated carbocycles. The summed E-state index contributed by atoms with van der Waals surface area (Å²) in [6, 6.07) is 4.58. The Morgan fingerprint density at radius 2 is 1.79 bits per heavy atom. The van der Waals surface area contributed by atoms with Crippen molar-refractivity contribution in [1.82, 2.24) is 24.5 Å². The topological polar surface area (TPSA) is 59.7 Å². The van der Waals surface area contributed by atoms with E-state index in [9.17, 15) is 0 Å². The number of imidazole rings is 1. The molecule has 0 bridgehead atoms. The lowest BCUT2D eigenvalue weighted by atomic mass is 9.95. The van der Waals surface area contributed by atoms with Crippen molar-refractivity contribution in [3.63, 3.8) is 0 Å². The predicted molar refractivity (Wildman–Crippen MR) is 95.0 cm³/mol. The highest BCUT2D eigenvalue weighted by molar-refractivity contribution is 5.77. The van der Waals surface area contributed by atoms with Crippen molar-refractivity contribution in [2.24, 2.45) is 0 Å². The first-order valence-corrected chi connectivity index (χ1v) is 8.57. The highest BCUT2D eigenvalue weighted by Crippen LogP contribution is 2.35. The molecule has 0 unspecified atom stereocenters. The molecule has 0 saturated heterocycles. The molecule has 0 atom stereocenters. The van der Waals surface area contributed by atoms with E-state index in [1.807, 2.05) is 37.5 Å². The summed E-state index contributed by atoms with van der Waals surface area (Å²) in [6.45, 7) is 0. The standard InChI is InChI=1S/C18H22N6/c1-23(2)18-20-11-13(12-21-18)17-22-16-15(9-6-10-19-16)24(17)14-7-4-3-5-8-14/h6,9-12,14H,3-5,7-8H2,1-2H3. The van der Waals surface area contributed by atoms with Crippen LogP contribution in [0.2, 0.25) is 0 Å². The molecule has 3 aromatic rings. The van der Waals surface area contributed by atoms with Crippen molar-refractivity contribution in [3.05, 3.63) is 30.7 Å². The van der Waals surface area contributed by atoms with Gasteiger partial charge in [-0.2, -0.15) is 0 Å². The summed E-state index contributed by atoms with van der Waals surface area (Å²) < 4.78 is 2.36. The van der Waals surface area contributed by atoms with Gasteiger partial charge in [0.2, 0.25) is 5.95 Å². The minimum absolute atomic E-state index is 0.483. The zero-order chi connectivity index (χ0) is 16.5. The van der Waals surface area contributed by atoms with Crippen LogP contribution in [0.3, 0.4) is 0 Å². The molecule has 6 heteroatoms. The van der Waals surface area contributed by atoms with E-state index in [2.05, 4.69) is 25.6 Å². The van der Waals surface area contributed by atoms with E-state index in [1.54, 1.807) is 6.20 Å². The van der Waals surface area contributed by atoms with Gasteiger partial charge in [-0.15, -0.1) is 0 Å². The minimum atomic E-state index is 0.483. The Hall–Kier alpha value is -2.50. The van der Waals surface area contributed by atoms with Crippen molar-refractivity contribution in [1.29, 1.82) is 0 Å². The fraction of sp³-hybridized carbons (Fsp3) is 0.444. The molecule has 1 fully saturated rings. The van der Waals surface area contributed by atoms with Crippen LogP contribution in [-0.4, -0.2) is 38.6 Å². The number of anilines is 1. The molecule has 0 radical (unpaired) electrons. The van der Waals surface area contributed by atoms with Crippen LogP contribution in [-0.2, 0) is 0 Å². The van der Waals surface area contributed by atoms with Crippen LogP contribution in [0.5, 0.6) is 0 Å². The smallest absolute Gasteiger partial charge is 0.224 e. The quantitative estimate of drug-likeness (QED) is 0.739. The second-order valence-corrected chi connectivity index (χ2v) is 6.61. The molecule has 124 valence electrons. The van der Waals surface area contributed by atoms with E-state index in [-0.39, 0.29) is 0 Å². The Balaban J connectivity index is 1.84. The first kappa shape index (κ1) is 15.1. The third-order valence-corrected chi connectivity index (χ3v) is 4.70. The van der Waals surface area contributed by atoms with Gasteiger partial charge >= 0.3 is 0 Å². The lowest BCUT2D eigenvalue weighted by molar-refractivity contribution is 0.362. The molecule has 3 aromatic heterocycles. The van der Waals surface area contributed by atoms with E-state index < -0.39 is 0 Å². The number of aromatic nitrogens is 5. The number of fused-ring (bicyclic) bond motifs is 1. The Bertz CT molecular complexity index is 830. The summed E-state index contributed by atoms with van der Waals surface area (Å²) in [4.78, 5) is 20.0. The summed E-state index contributed by atoms with van der Waals surface area (Å²) in [5.74, 6) is 1.64. The molecule has 1 aliphatic rings. The van der Waals surface area contributed by atoms with Gasteiger partial charge in [-0.25, -0.2) is 19.9 Å². The van der Waals surface area contributed by atoms with Gasteiger partial charge in [-0.3, -0.25) is 0 Å². The van der Waals surface area contributed by atoms with Gasteiger partial charge < -0.3 is 9.47 Å². The first-order valence-electron chi connectivity index (χ1n) is 8.57. The van der Waals surface area contributed by atoms with Gasteiger partial charge in [-0.05, 0) is 25.0 Å². The van der Waals surface area contributed by atoms with Crippen molar-refractivity contribution >= 4 is 17.1 Å². The van der Waals surface area contributed by atoms with Gasteiger partial charge in [0, 0.05) is 38.7 Å². The third-order valence-electron chi connectivity index (χ3n) is 4.70. The van der Waals surface area contributed by atoms with E-state index in [0.29, 0.717) is 12.0 Å². The Labute approximate surface area is 141 Å². The van der Waals surface area contributed by atoms with Crippen LogP contribution >= 0.6 is 0 Å². The number of hydrogen-bond donors (Lipinski definition) is 0. The van der Waals surface area contributed by atoms with Gasteiger partial charge in [0.05, 0.1) is 11.1 Å². The molecule has 0 aromatic carbocycles. The maximum absolute atomic E-state index is 4.79. The summed E-state index contributed by atoms with van der Waals surface area (Å²) in [7, 11) is 3.88. The molecule has 0 spiro atoms. The highest BCUT2D eigenvalue weighted by atomic mass is 15.2. The number of nitrogens with zero attached hydrogens (tertiary/aromatic N) is 6. The monoisotopic (exact) mass is 322 g/mol. The highest BCUT2D eigenvalue weighted by Gasteiger charge is 2.23. The largest absolute Gasteiger partial charge is 0.347 e. The summed E-state index contributed by atoms with van der Waals surface area (Å²) >= 11 is 0. The molecular formula is C18H22N6. The molecule has 24 heavy (non-hydrogen) atoms. The van der Waals surface area contributed by atoms with E-state index in [1.165, 1.54) is 32.1 Å². The molecule has 3 heterocycles. The molecule has 0 N–H and O–H groups in total. The number of pyridine rings is 1. The van der Waals surface area contributed by atoms with Crippen LogP contribution in [0.25, 0.3) is 22.6 Å². The zero-order valence-corrected chi connectivity index (χ0v) is 14.2. The van der Waals surface area contributed by atoms with Crippen LogP contribution < -0.4 is 4.90 Å². The third kappa shape index (κ3) is 2.62. The van der Waals surface area contributed by atoms with Crippen molar-refractivity contribution in [3.8, 4) is 11.4 Å². The molecule has 1 aliphatic carbocycles. The van der Waals surface area contributed by atoms with E-state index >= 15 is 0 Å². The van der Waals surface area contributed by atoms with Crippen LogP contribution in [0.1, 0.15) is 38.1 Å². The van der Waals surface area contributed by atoms with Crippen LogP contribution in [0.15, 0.2) is 30.7 Å². The Morgan fingerprint density at radius 3 is 2.50 bits per heavy atom. The fourth-order valence-electron chi connectivity index (χ4n) is 3.51. The molecular weight excluding hydrogens is 300 g/mol. The molecule has 0 amide bonds. The average molecular weight is 322 g/mol. The normalized spacial score (nSPS) is 15.8. The lowest BCUT2D eigenvalue weighted by Gasteiger charge is -2.25. The van der Waals surface area contributed by atoms with E-state index in [0.717, 1.165) is 22.6 Å². The average Bonchev–Trinajstić information content (AvgIpc) is 3.02. The second kappa shape index (κ2) is 6.19. The lowest BCUT2D eigenvalue weighted by Crippen LogP contribution is -2.15. The summed E-state index contributed by atoms with van der Waals surface area (Å²) in [5.41, 5.74) is 2.86. The maximum Gasteiger partial charge on any atom is 0.224 e. The van der Waals surface area contributed by atoms with Crippen LogP contribution in [0.4, 0.5) is 5.95 Å². The predicted octanol–water partition coefficient (Wildman–Crippen LogP) is 3.46. The maximum atomic E-state index is 4.79. The summed E-state index contributed by atoms with van der Waals surface area (Å²) in [6.07, 6.45) is 11.8. The Kier molecular flexibility index (Phi) is 3.88. The Morgan fingerprint density at radius 1 is 1.04 bits per heavy atom. The molecule has 6 nitrogen and oxygen atoms in total. The molecule has 0 aliphatic heterocycles. The second-order valence-electron chi connectivity index (χ2n) is 6.61. The zero-order valence-electron chi connectivity index (χ0n) is 14.2.